The van der Waals surface area contributed by atoms with Crippen LogP contribution in [0.2, 0.25) is 0 Å². The Morgan fingerprint density at radius 2 is 1.54 bits per heavy atom. The number of hydrogen-bond donors (Lipinski definition) is 0. The average Bonchev–Trinajstić information content (AvgIpc) is 3.40. The van der Waals surface area contributed by atoms with Crippen LogP contribution in [0.5, 0.6) is 11.5 Å². The molecule has 1 amide bonds. The highest BCUT2D eigenvalue weighted by Gasteiger charge is 2.27. The standard InChI is InChI=1S/C28H38N4O7S2/c1-5-30(6-2)11-12-32(28-29-23-19-24-25(20-26(23)40-28)39-18-17-38-24)27(33)21-7-9-22(10-8-21)41(34,35)31(13-15-36-3)14-16-37-4/h7-10,19-20H,5-6,11-18H2,1-4H3. The number of sulfonamides is 1. The number of thiazole rings is 1. The third kappa shape index (κ3) is 7.34. The third-order valence-corrected chi connectivity index (χ3v) is 9.83. The summed E-state index contributed by atoms with van der Waals surface area (Å²) in [6.07, 6.45) is 0. The van der Waals surface area contributed by atoms with Gasteiger partial charge >= 0.3 is 0 Å². The topological polar surface area (TPSA) is 111 Å². The molecule has 2 aromatic carbocycles. The van der Waals surface area contributed by atoms with Crippen LogP contribution in [0.1, 0.15) is 24.2 Å². The van der Waals surface area contributed by atoms with E-state index in [1.54, 1.807) is 17.0 Å². The summed E-state index contributed by atoms with van der Waals surface area (Å²) in [6, 6.07) is 9.79. The Hall–Kier alpha value is -2.81. The first-order chi connectivity index (χ1) is 19.8. The molecule has 0 atom stereocenters. The van der Waals surface area contributed by atoms with Gasteiger partial charge in [0.1, 0.15) is 13.2 Å². The molecule has 0 radical (unpaired) electrons. The van der Waals surface area contributed by atoms with Crippen molar-refractivity contribution in [2.75, 3.05) is 84.8 Å². The summed E-state index contributed by atoms with van der Waals surface area (Å²) in [7, 11) is -0.761. The molecule has 0 saturated heterocycles. The Balaban J connectivity index is 1.62. The first-order valence-electron chi connectivity index (χ1n) is 13.6. The lowest BCUT2D eigenvalue weighted by Crippen LogP contribution is -2.39. The molecule has 13 heteroatoms. The van der Waals surface area contributed by atoms with Crippen LogP contribution in [0, 0.1) is 0 Å². The smallest absolute Gasteiger partial charge is 0.260 e. The van der Waals surface area contributed by atoms with Crippen LogP contribution in [0.15, 0.2) is 41.3 Å². The van der Waals surface area contributed by atoms with E-state index in [9.17, 15) is 13.2 Å². The maximum absolute atomic E-state index is 13.9. The summed E-state index contributed by atoms with van der Waals surface area (Å²) in [6.45, 7) is 8.83. The summed E-state index contributed by atoms with van der Waals surface area (Å²) in [5.74, 6) is 1.05. The molecule has 0 unspecified atom stereocenters. The zero-order valence-corrected chi connectivity index (χ0v) is 25.6. The fourth-order valence-corrected chi connectivity index (χ4v) is 6.85. The predicted molar refractivity (Wildman–Crippen MR) is 159 cm³/mol. The van der Waals surface area contributed by atoms with Gasteiger partial charge in [-0.1, -0.05) is 25.2 Å². The van der Waals surface area contributed by atoms with Gasteiger partial charge in [-0.05, 0) is 37.4 Å². The van der Waals surface area contributed by atoms with Crippen molar-refractivity contribution in [3.05, 3.63) is 42.0 Å². The molecule has 4 rings (SSSR count). The lowest BCUT2D eigenvalue weighted by atomic mass is 10.2. The monoisotopic (exact) mass is 606 g/mol. The van der Waals surface area contributed by atoms with Crippen LogP contribution in [0.4, 0.5) is 5.13 Å². The number of ether oxygens (including phenoxy) is 4. The lowest BCUT2D eigenvalue weighted by Gasteiger charge is -2.25. The van der Waals surface area contributed by atoms with Crippen molar-refractivity contribution >= 4 is 42.6 Å². The first-order valence-corrected chi connectivity index (χ1v) is 15.9. The van der Waals surface area contributed by atoms with Gasteiger partial charge in [0.2, 0.25) is 10.0 Å². The van der Waals surface area contributed by atoms with Gasteiger partial charge in [0.25, 0.3) is 5.91 Å². The number of carbonyl (C=O) groups excluding carboxylic acids is 1. The second kappa shape index (κ2) is 14.4. The molecule has 0 saturated carbocycles. The molecule has 41 heavy (non-hydrogen) atoms. The first kappa shape index (κ1) is 31.1. The lowest BCUT2D eigenvalue weighted by molar-refractivity contribution is 0.0983. The molecular formula is C28H38N4O7S2. The number of carbonyl (C=O) groups is 1. The summed E-state index contributed by atoms with van der Waals surface area (Å²) >= 11 is 1.41. The molecule has 0 fully saturated rings. The molecule has 0 bridgehead atoms. The number of hydrogen-bond acceptors (Lipinski definition) is 10. The van der Waals surface area contributed by atoms with Gasteiger partial charge in [0.05, 0.1) is 28.3 Å². The van der Waals surface area contributed by atoms with Crippen molar-refractivity contribution in [1.82, 2.24) is 14.2 Å². The number of anilines is 1. The van der Waals surface area contributed by atoms with E-state index in [0.29, 0.717) is 48.5 Å². The van der Waals surface area contributed by atoms with Crippen molar-refractivity contribution in [2.24, 2.45) is 0 Å². The fraction of sp³-hybridized carbons (Fsp3) is 0.500. The number of fused-ring (bicyclic) bond motifs is 2. The molecule has 0 aliphatic carbocycles. The van der Waals surface area contributed by atoms with Gasteiger partial charge in [-0.25, -0.2) is 13.4 Å². The van der Waals surface area contributed by atoms with E-state index in [1.807, 2.05) is 12.1 Å². The Kier molecular flexibility index (Phi) is 10.9. The molecule has 224 valence electrons. The number of likely N-dealkylation sites (N-methyl/N-ethyl adjacent to an activating group) is 1. The highest BCUT2D eigenvalue weighted by atomic mass is 32.2. The van der Waals surface area contributed by atoms with Crippen molar-refractivity contribution in [2.45, 2.75) is 18.7 Å². The predicted octanol–water partition coefficient (Wildman–Crippen LogP) is 3.34. The van der Waals surface area contributed by atoms with E-state index in [0.717, 1.165) is 23.3 Å². The van der Waals surface area contributed by atoms with Crippen LogP contribution in [-0.2, 0) is 19.5 Å². The van der Waals surface area contributed by atoms with E-state index in [4.69, 9.17) is 23.9 Å². The molecule has 11 nitrogen and oxygen atoms in total. The highest BCUT2D eigenvalue weighted by Crippen LogP contribution is 2.39. The summed E-state index contributed by atoms with van der Waals surface area (Å²) in [4.78, 5) is 22.7. The SMILES string of the molecule is CCN(CC)CCN(C(=O)c1ccc(S(=O)(=O)N(CCOC)CCOC)cc1)c1nc2cc3c(cc2s1)OCCO3. The molecular weight excluding hydrogens is 568 g/mol. The maximum atomic E-state index is 13.9. The average molecular weight is 607 g/mol. The zero-order valence-electron chi connectivity index (χ0n) is 24.0. The van der Waals surface area contributed by atoms with E-state index in [2.05, 4.69) is 18.7 Å². The second-order valence-corrected chi connectivity index (χ2v) is 12.3. The minimum atomic E-state index is -3.81. The summed E-state index contributed by atoms with van der Waals surface area (Å²) < 4.78 is 50.5. The number of rotatable bonds is 15. The number of nitrogens with zero attached hydrogens (tertiary/aromatic N) is 4. The Morgan fingerprint density at radius 1 is 0.927 bits per heavy atom. The van der Waals surface area contributed by atoms with Crippen LogP contribution >= 0.6 is 11.3 Å². The Morgan fingerprint density at radius 3 is 2.12 bits per heavy atom. The summed E-state index contributed by atoms with van der Waals surface area (Å²) in [5, 5.41) is 0.557. The number of methoxy groups -OCH3 is 2. The van der Waals surface area contributed by atoms with E-state index >= 15 is 0 Å². The Labute approximate surface area is 245 Å². The van der Waals surface area contributed by atoms with Crippen LogP contribution in [0.3, 0.4) is 0 Å². The minimum Gasteiger partial charge on any atom is -0.486 e. The molecule has 2 heterocycles. The van der Waals surface area contributed by atoms with Crippen LogP contribution in [0.25, 0.3) is 10.2 Å². The third-order valence-electron chi connectivity index (χ3n) is 6.88. The zero-order chi connectivity index (χ0) is 29.4. The Bertz CT molecular complexity index is 1360. The molecule has 1 aliphatic heterocycles. The molecule has 0 N–H and O–H groups in total. The van der Waals surface area contributed by atoms with E-state index in [-0.39, 0.29) is 37.1 Å². The second-order valence-electron chi connectivity index (χ2n) is 9.36. The van der Waals surface area contributed by atoms with Crippen LogP contribution in [-0.4, -0.2) is 108 Å². The van der Waals surface area contributed by atoms with Gasteiger partial charge in [-0.3, -0.25) is 9.69 Å². The molecule has 1 aliphatic rings. The largest absolute Gasteiger partial charge is 0.486 e. The molecule has 3 aromatic rings. The summed E-state index contributed by atoms with van der Waals surface area (Å²) in [5.41, 5.74) is 1.09. The van der Waals surface area contributed by atoms with Gasteiger partial charge in [0, 0.05) is 58.1 Å². The molecule has 1 aromatic heterocycles. The quantitative estimate of drug-likeness (QED) is 0.257. The van der Waals surface area contributed by atoms with Gasteiger partial charge in [0.15, 0.2) is 16.6 Å². The van der Waals surface area contributed by atoms with E-state index < -0.39 is 10.0 Å². The highest BCUT2D eigenvalue weighted by molar-refractivity contribution is 7.89. The number of benzene rings is 2. The number of amides is 1. The van der Waals surface area contributed by atoms with Crippen molar-refractivity contribution in [3.8, 4) is 11.5 Å². The fourth-order valence-electron chi connectivity index (χ4n) is 4.45. The van der Waals surface area contributed by atoms with Crippen molar-refractivity contribution < 1.29 is 32.2 Å². The van der Waals surface area contributed by atoms with Gasteiger partial charge in [-0.15, -0.1) is 0 Å². The number of aromatic nitrogens is 1. The van der Waals surface area contributed by atoms with Gasteiger partial charge in [-0.2, -0.15) is 4.31 Å². The van der Waals surface area contributed by atoms with Crippen LogP contribution < -0.4 is 14.4 Å². The molecule has 0 spiro atoms. The van der Waals surface area contributed by atoms with Gasteiger partial charge < -0.3 is 23.8 Å². The van der Waals surface area contributed by atoms with Crippen molar-refractivity contribution in [1.29, 1.82) is 0 Å². The van der Waals surface area contributed by atoms with Crippen molar-refractivity contribution in [3.63, 3.8) is 0 Å². The maximum Gasteiger partial charge on any atom is 0.260 e. The van der Waals surface area contributed by atoms with E-state index in [1.165, 1.54) is 42.0 Å². The minimum absolute atomic E-state index is 0.0986. The normalized spacial score (nSPS) is 13.3.